The smallest absolute Gasteiger partial charge is 0.253 e. The van der Waals surface area contributed by atoms with Gasteiger partial charge in [0.15, 0.2) is 0 Å². The summed E-state index contributed by atoms with van der Waals surface area (Å²) in [6, 6.07) is 12.1. The Kier molecular flexibility index (Phi) is 5.84. The summed E-state index contributed by atoms with van der Waals surface area (Å²) >= 11 is 0. The van der Waals surface area contributed by atoms with E-state index in [1.54, 1.807) is 30.5 Å². The molecule has 0 atom stereocenters. The lowest BCUT2D eigenvalue weighted by molar-refractivity contribution is -0.121. The number of hydrogen-bond donors (Lipinski definition) is 1. The van der Waals surface area contributed by atoms with Crippen molar-refractivity contribution < 1.29 is 9.59 Å². The molecular formula is C20H23N3O3. The van der Waals surface area contributed by atoms with E-state index in [0.29, 0.717) is 12.1 Å². The number of aromatic nitrogens is 1. The molecule has 6 nitrogen and oxygen atoms in total. The van der Waals surface area contributed by atoms with E-state index in [-0.39, 0.29) is 23.9 Å². The van der Waals surface area contributed by atoms with Crippen molar-refractivity contribution in [3.05, 3.63) is 70.1 Å². The summed E-state index contributed by atoms with van der Waals surface area (Å²) in [5.74, 6) is -0.157. The summed E-state index contributed by atoms with van der Waals surface area (Å²) in [4.78, 5) is 37.9. The lowest BCUT2D eigenvalue weighted by Gasteiger charge is -2.26. The lowest BCUT2D eigenvalue weighted by Crippen LogP contribution is -2.35. The molecule has 26 heavy (non-hydrogen) atoms. The standard InChI is InChI=1S/C20H23N3O3/c24-18(15-23-13-5-2-6-19(23)25)21-14-16-7-9-17(10-8-16)20(26)22-11-3-1-4-12-22/h2,5-10,13H,1,3-4,11-12,14-15H2,(H,21,24). The Morgan fingerprint density at radius 1 is 0.962 bits per heavy atom. The lowest BCUT2D eigenvalue weighted by atomic mass is 10.1. The molecule has 6 heteroatoms. The first-order chi connectivity index (χ1) is 12.6. The van der Waals surface area contributed by atoms with Crippen molar-refractivity contribution in [1.82, 2.24) is 14.8 Å². The largest absolute Gasteiger partial charge is 0.350 e. The summed E-state index contributed by atoms with van der Waals surface area (Å²) in [7, 11) is 0. The second-order valence-electron chi connectivity index (χ2n) is 6.49. The fraction of sp³-hybridized carbons (Fsp3) is 0.350. The number of benzene rings is 1. The van der Waals surface area contributed by atoms with E-state index in [2.05, 4.69) is 5.32 Å². The van der Waals surface area contributed by atoms with Crippen LogP contribution in [0.4, 0.5) is 0 Å². The van der Waals surface area contributed by atoms with Gasteiger partial charge in [-0.2, -0.15) is 0 Å². The molecule has 1 fully saturated rings. The first-order valence-electron chi connectivity index (χ1n) is 8.94. The molecule has 1 saturated heterocycles. The maximum atomic E-state index is 12.4. The van der Waals surface area contributed by atoms with Crippen LogP contribution in [0.1, 0.15) is 35.2 Å². The molecule has 136 valence electrons. The first-order valence-corrected chi connectivity index (χ1v) is 8.94. The first kappa shape index (κ1) is 17.9. The van der Waals surface area contributed by atoms with E-state index in [1.165, 1.54) is 17.1 Å². The predicted molar refractivity (Wildman–Crippen MR) is 98.7 cm³/mol. The van der Waals surface area contributed by atoms with E-state index in [4.69, 9.17) is 0 Å². The average Bonchev–Trinajstić information content (AvgIpc) is 2.69. The van der Waals surface area contributed by atoms with Gasteiger partial charge >= 0.3 is 0 Å². The van der Waals surface area contributed by atoms with Crippen LogP contribution in [-0.2, 0) is 17.9 Å². The Bertz CT molecular complexity index is 821. The Morgan fingerprint density at radius 2 is 1.69 bits per heavy atom. The van der Waals surface area contributed by atoms with E-state index in [1.807, 2.05) is 17.0 Å². The summed E-state index contributed by atoms with van der Waals surface area (Å²) in [5, 5.41) is 2.79. The number of rotatable bonds is 5. The summed E-state index contributed by atoms with van der Waals surface area (Å²) < 4.78 is 1.36. The van der Waals surface area contributed by atoms with Gasteiger partial charge < -0.3 is 14.8 Å². The number of hydrogen-bond acceptors (Lipinski definition) is 3. The second-order valence-corrected chi connectivity index (χ2v) is 6.49. The fourth-order valence-electron chi connectivity index (χ4n) is 3.05. The molecule has 1 aromatic carbocycles. The van der Waals surface area contributed by atoms with Gasteiger partial charge in [-0.1, -0.05) is 18.2 Å². The van der Waals surface area contributed by atoms with E-state index < -0.39 is 0 Å². The number of carbonyl (C=O) groups is 2. The van der Waals surface area contributed by atoms with Crippen LogP contribution in [0.5, 0.6) is 0 Å². The van der Waals surface area contributed by atoms with Gasteiger partial charge in [0, 0.05) is 37.5 Å². The minimum atomic E-state index is -0.230. The highest BCUT2D eigenvalue weighted by Crippen LogP contribution is 2.13. The number of pyridine rings is 1. The predicted octanol–water partition coefficient (Wildman–Crippen LogP) is 1.79. The van der Waals surface area contributed by atoms with Crippen LogP contribution in [-0.4, -0.2) is 34.4 Å². The molecule has 2 amide bonds. The zero-order chi connectivity index (χ0) is 18.4. The summed E-state index contributed by atoms with van der Waals surface area (Å²) in [5.41, 5.74) is 1.38. The number of nitrogens with zero attached hydrogens (tertiary/aromatic N) is 2. The molecule has 2 aromatic rings. The zero-order valence-corrected chi connectivity index (χ0v) is 14.7. The molecule has 0 spiro atoms. The van der Waals surface area contributed by atoms with Crippen molar-refractivity contribution in [2.24, 2.45) is 0 Å². The summed E-state index contributed by atoms with van der Waals surface area (Å²) in [6.07, 6.45) is 4.92. The maximum absolute atomic E-state index is 12.4. The number of carbonyl (C=O) groups excluding carboxylic acids is 2. The van der Waals surface area contributed by atoms with Gasteiger partial charge in [-0.25, -0.2) is 0 Å². The van der Waals surface area contributed by atoms with Crippen LogP contribution in [0, 0.1) is 0 Å². The third-order valence-electron chi connectivity index (χ3n) is 4.55. The van der Waals surface area contributed by atoms with Gasteiger partial charge in [0.2, 0.25) is 5.91 Å². The van der Waals surface area contributed by atoms with Crippen LogP contribution >= 0.6 is 0 Å². The maximum Gasteiger partial charge on any atom is 0.253 e. The molecule has 0 saturated carbocycles. The monoisotopic (exact) mass is 353 g/mol. The number of amides is 2. The Morgan fingerprint density at radius 3 is 2.38 bits per heavy atom. The van der Waals surface area contributed by atoms with Crippen molar-refractivity contribution in [2.45, 2.75) is 32.4 Å². The Balaban J connectivity index is 1.52. The van der Waals surface area contributed by atoms with Crippen LogP contribution in [0.25, 0.3) is 0 Å². The molecule has 1 N–H and O–H groups in total. The average molecular weight is 353 g/mol. The zero-order valence-electron chi connectivity index (χ0n) is 14.7. The van der Waals surface area contributed by atoms with Gasteiger partial charge in [0.1, 0.15) is 6.54 Å². The molecule has 0 aliphatic carbocycles. The normalized spacial score (nSPS) is 14.1. The summed E-state index contributed by atoms with van der Waals surface area (Å²) in [6.45, 7) is 2.01. The quantitative estimate of drug-likeness (QED) is 0.891. The van der Waals surface area contributed by atoms with Gasteiger partial charge in [-0.05, 0) is 43.0 Å². The SMILES string of the molecule is O=C(Cn1ccccc1=O)NCc1ccc(C(=O)N2CCCCC2)cc1. The molecule has 0 bridgehead atoms. The molecule has 1 aliphatic rings. The third-order valence-corrected chi connectivity index (χ3v) is 4.55. The highest BCUT2D eigenvalue weighted by molar-refractivity contribution is 5.94. The van der Waals surface area contributed by atoms with Crippen molar-refractivity contribution in [3.63, 3.8) is 0 Å². The van der Waals surface area contributed by atoms with Crippen LogP contribution in [0.2, 0.25) is 0 Å². The van der Waals surface area contributed by atoms with Gasteiger partial charge in [-0.3, -0.25) is 14.4 Å². The second kappa shape index (κ2) is 8.47. The van der Waals surface area contributed by atoms with Crippen LogP contribution in [0.15, 0.2) is 53.5 Å². The topological polar surface area (TPSA) is 71.4 Å². The van der Waals surface area contributed by atoms with Crippen molar-refractivity contribution in [1.29, 1.82) is 0 Å². The number of likely N-dealkylation sites (tertiary alicyclic amines) is 1. The van der Waals surface area contributed by atoms with Crippen LogP contribution in [0.3, 0.4) is 0 Å². The number of nitrogens with one attached hydrogen (secondary N) is 1. The van der Waals surface area contributed by atoms with Crippen molar-refractivity contribution >= 4 is 11.8 Å². The van der Waals surface area contributed by atoms with E-state index >= 15 is 0 Å². The fourth-order valence-corrected chi connectivity index (χ4v) is 3.05. The molecule has 1 aliphatic heterocycles. The molecule has 1 aromatic heterocycles. The van der Waals surface area contributed by atoms with Crippen molar-refractivity contribution in [2.75, 3.05) is 13.1 Å². The van der Waals surface area contributed by atoms with E-state index in [9.17, 15) is 14.4 Å². The molecular weight excluding hydrogens is 330 g/mol. The number of piperidine rings is 1. The van der Waals surface area contributed by atoms with E-state index in [0.717, 1.165) is 31.5 Å². The molecule has 3 rings (SSSR count). The van der Waals surface area contributed by atoms with Crippen LogP contribution < -0.4 is 10.9 Å². The van der Waals surface area contributed by atoms with Gasteiger partial charge in [0.25, 0.3) is 11.5 Å². The minimum Gasteiger partial charge on any atom is -0.350 e. The van der Waals surface area contributed by atoms with Gasteiger partial charge in [-0.15, -0.1) is 0 Å². The third kappa shape index (κ3) is 4.59. The highest BCUT2D eigenvalue weighted by Gasteiger charge is 2.17. The molecule has 0 unspecified atom stereocenters. The Hall–Kier alpha value is -2.89. The Labute approximate surface area is 152 Å². The minimum absolute atomic E-state index is 0.00873. The molecule has 2 heterocycles. The van der Waals surface area contributed by atoms with Gasteiger partial charge in [0.05, 0.1) is 0 Å². The van der Waals surface area contributed by atoms with Crippen molar-refractivity contribution in [3.8, 4) is 0 Å². The highest BCUT2D eigenvalue weighted by atomic mass is 16.2. The molecule has 0 radical (unpaired) electrons.